The van der Waals surface area contributed by atoms with Gasteiger partial charge >= 0.3 is 5.63 Å². The van der Waals surface area contributed by atoms with Crippen molar-refractivity contribution in [3.63, 3.8) is 0 Å². The van der Waals surface area contributed by atoms with Gasteiger partial charge in [-0.1, -0.05) is 50.2 Å². The minimum Gasteiger partial charge on any atom is -0.493 e. The van der Waals surface area contributed by atoms with Gasteiger partial charge in [0, 0.05) is 22.7 Å². The van der Waals surface area contributed by atoms with E-state index in [1.165, 1.54) is 11.3 Å². The molecule has 0 saturated heterocycles. The van der Waals surface area contributed by atoms with E-state index in [9.17, 15) is 9.90 Å². The van der Waals surface area contributed by atoms with Gasteiger partial charge in [-0.25, -0.2) is 9.78 Å². The van der Waals surface area contributed by atoms with Gasteiger partial charge in [0.05, 0.1) is 16.8 Å². The molecule has 0 amide bonds. The Hall–Kier alpha value is -3.78. The quantitative estimate of drug-likeness (QED) is 0.243. The number of fused-ring (bicyclic) bond motifs is 2. The van der Waals surface area contributed by atoms with Crippen molar-refractivity contribution >= 4 is 44.0 Å². The van der Waals surface area contributed by atoms with Gasteiger partial charge < -0.3 is 14.1 Å². The zero-order valence-electron chi connectivity index (χ0n) is 17.5. The molecule has 0 spiro atoms. The van der Waals surface area contributed by atoms with Crippen LogP contribution in [-0.2, 0) is 6.54 Å². The van der Waals surface area contributed by atoms with Crippen molar-refractivity contribution in [2.45, 2.75) is 20.4 Å². The highest BCUT2D eigenvalue weighted by Crippen LogP contribution is 2.40. The number of nitrogens with zero attached hydrogens (tertiary/aromatic N) is 4. The van der Waals surface area contributed by atoms with Crippen molar-refractivity contribution in [2.75, 3.05) is 0 Å². The highest BCUT2D eigenvalue weighted by molar-refractivity contribution is 7.13. The third-order valence-corrected chi connectivity index (χ3v) is 5.84. The normalized spacial score (nSPS) is 12.0. The van der Waals surface area contributed by atoms with Crippen molar-refractivity contribution in [1.82, 2.24) is 9.55 Å². The number of thiazole rings is 1. The fraction of sp³-hybridized carbons (Fsp3) is 0.167. The Morgan fingerprint density at radius 1 is 1.12 bits per heavy atom. The van der Waals surface area contributed by atoms with E-state index in [1.807, 2.05) is 47.0 Å². The fourth-order valence-electron chi connectivity index (χ4n) is 3.69. The van der Waals surface area contributed by atoms with Crippen LogP contribution in [0.25, 0.3) is 33.1 Å². The van der Waals surface area contributed by atoms with Crippen molar-refractivity contribution in [3.8, 4) is 17.1 Å². The molecule has 0 radical (unpaired) electrons. The molecule has 1 N–H and O–H groups in total. The minimum atomic E-state index is -0.452. The SMILES string of the molecule is CC(C)Cn1c(O)c(N=Nc2nc(-c3cc4ccccc4oc3=O)cs2)c2ccccc21. The van der Waals surface area contributed by atoms with E-state index in [2.05, 4.69) is 29.1 Å². The summed E-state index contributed by atoms with van der Waals surface area (Å²) in [5, 5.41) is 23.1. The highest BCUT2D eigenvalue weighted by Gasteiger charge is 2.17. The fourth-order valence-corrected chi connectivity index (χ4v) is 4.32. The van der Waals surface area contributed by atoms with Gasteiger partial charge in [-0.2, -0.15) is 0 Å². The van der Waals surface area contributed by atoms with E-state index >= 15 is 0 Å². The first-order valence-corrected chi connectivity index (χ1v) is 11.1. The van der Waals surface area contributed by atoms with Gasteiger partial charge in [0.2, 0.25) is 11.0 Å². The second kappa shape index (κ2) is 8.05. The van der Waals surface area contributed by atoms with Crippen LogP contribution in [0.3, 0.4) is 0 Å². The average molecular weight is 445 g/mol. The monoisotopic (exact) mass is 444 g/mol. The summed E-state index contributed by atoms with van der Waals surface area (Å²) in [4.78, 5) is 16.9. The van der Waals surface area contributed by atoms with Crippen molar-refractivity contribution in [2.24, 2.45) is 16.1 Å². The lowest BCUT2D eigenvalue weighted by atomic mass is 10.1. The lowest BCUT2D eigenvalue weighted by Gasteiger charge is -2.09. The van der Waals surface area contributed by atoms with Crippen LogP contribution in [0.4, 0.5) is 10.8 Å². The number of hydrogen-bond donors (Lipinski definition) is 1. The molecule has 160 valence electrons. The Labute approximate surface area is 187 Å². The summed E-state index contributed by atoms with van der Waals surface area (Å²) in [5.74, 6) is 0.437. The number of aromatic hydroxyl groups is 1. The predicted octanol–water partition coefficient (Wildman–Crippen LogP) is 6.65. The number of aromatic nitrogens is 2. The Morgan fingerprint density at radius 3 is 2.75 bits per heavy atom. The molecular weight excluding hydrogens is 424 g/mol. The standard InChI is InChI=1S/C24H20N4O3S/c1-14(2)12-28-19-9-5-4-8-16(19)21(22(28)29)26-27-24-25-18(13-32-24)17-11-15-7-3-6-10-20(15)31-23(17)30/h3-11,13-14,29H,12H2,1-2H3. The number of azo groups is 1. The Morgan fingerprint density at radius 2 is 1.91 bits per heavy atom. The van der Waals surface area contributed by atoms with Gasteiger partial charge in [0.1, 0.15) is 5.58 Å². The maximum Gasteiger partial charge on any atom is 0.345 e. The molecule has 3 aromatic heterocycles. The average Bonchev–Trinajstić information content (AvgIpc) is 3.35. The van der Waals surface area contributed by atoms with Crippen LogP contribution >= 0.6 is 11.3 Å². The van der Waals surface area contributed by atoms with Gasteiger partial charge in [-0.15, -0.1) is 21.6 Å². The third kappa shape index (κ3) is 3.58. The Kier molecular flexibility index (Phi) is 5.07. The molecule has 0 saturated carbocycles. The summed E-state index contributed by atoms with van der Waals surface area (Å²) in [6, 6.07) is 16.8. The first-order chi connectivity index (χ1) is 15.5. The molecule has 5 rings (SSSR count). The van der Waals surface area contributed by atoms with Crippen LogP contribution in [0.15, 0.2) is 79.4 Å². The number of hydrogen-bond acceptors (Lipinski definition) is 7. The van der Waals surface area contributed by atoms with Crippen LogP contribution < -0.4 is 5.63 Å². The Bertz CT molecular complexity index is 1530. The molecule has 2 aromatic carbocycles. The van der Waals surface area contributed by atoms with Crippen molar-refractivity contribution < 1.29 is 9.52 Å². The van der Waals surface area contributed by atoms with E-state index in [1.54, 1.807) is 17.5 Å². The molecule has 0 atom stereocenters. The van der Waals surface area contributed by atoms with E-state index in [0.717, 1.165) is 16.3 Å². The zero-order chi connectivity index (χ0) is 22.2. The number of rotatable bonds is 5. The highest BCUT2D eigenvalue weighted by atomic mass is 32.1. The smallest absolute Gasteiger partial charge is 0.345 e. The summed E-state index contributed by atoms with van der Waals surface area (Å²) in [5.41, 5.74) is 2.24. The largest absolute Gasteiger partial charge is 0.493 e. The molecule has 8 heteroatoms. The third-order valence-electron chi connectivity index (χ3n) is 5.11. The van der Waals surface area contributed by atoms with Gasteiger partial charge in [0.25, 0.3) is 0 Å². The molecule has 0 aliphatic carbocycles. The first-order valence-electron chi connectivity index (χ1n) is 10.2. The summed E-state index contributed by atoms with van der Waals surface area (Å²) in [6.45, 7) is 4.85. The summed E-state index contributed by atoms with van der Waals surface area (Å²) < 4.78 is 7.25. The minimum absolute atomic E-state index is 0.0793. The van der Waals surface area contributed by atoms with Crippen molar-refractivity contribution in [3.05, 3.63) is 70.4 Å². The van der Waals surface area contributed by atoms with Crippen LogP contribution in [0.2, 0.25) is 0 Å². The van der Waals surface area contributed by atoms with Gasteiger partial charge in [0.15, 0.2) is 5.69 Å². The van der Waals surface area contributed by atoms with Crippen molar-refractivity contribution in [1.29, 1.82) is 0 Å². The Balaban J connectivity index is 1.51. The number of para-hydroxylation sites is 2. The second-order valence-corrected chi connectivity index (χ2v) is 8.73. The van der Waals surface area contributed by atoms with E-state index in [-0.39, 0.29) is 5.88 Å². The molecule has 0 unspecified atom stereocenters. The van der Waals surface area contributed by atoms with E-state index < -0.39 is 5.63 Å². The molecular formula is C24H20N4O3S. The molecule has 0 fully saturated rings. The van der Waals surface area contributed by atoms with Gasteiger partial charge in [-0.3, -0.25) is 0 Å². The van der Waals surface area contributed by atoms with Gasteiger partial charge in [-0.05, 0) is 24.1 Å². The van der Waals surface area contributed by atoms with Crippen LogP contribution in [0.1, 0.15) is 13.8 Å². The topological polar surface area (TPSA) is 93.0 Å². The molecule has 0 aliphatic rings. The number of benzene rings is 2. The molecule has 7 nitrogen and oxygen atoms in total. The molecule has 3 heterocycles. The maximum atomic E-state index is 12.4. The molecule has 0 aliphatic heterocycles. The molecule has 5 aromatic rings. The lowest BCUT2D eigenvalue weighted by molar-refractivity contribution is 0.401. The maximum absolute atomic E-state index is 12.4. The summed E-state index contributed by atoms with van der Waals surface area (Å²) in [6.07, 6.45) is 0. The molecule has 32 heavy (non-hydrogen) atoms. The first kappa shape index (κ1) is 20.1. The van der Waals surface area contributed by atoms with Crippen LogP contribution in [-0.4, -0.2) is 14.7 Å². The van der Waals surface area contributed by atoms with Crippen LogP contribution in [0.5, 0.6) is 5.88 Å². The zero-order valence-corrected chi connectivity index (χ0v) is 18.3. The lowest BCUT2D eigenvalue weighted by Crippen LogP contribution is -2.03. The summed E-state index contributed by atoms with van der Waals surface area (Å²) in [7, 11) is 0. The molecule has 0 bridgehead atoms. The predicted molar refractivity (Wildman–Crippen MR) is 126 cm³/mol. The summed E-state index contributed by atoms with van der Waals surface area (Å²) >= 11 is 1.27. The van der Waals surface area contributed by atoms with E-state index in [0.29, 0.717) is 40.1 Å². The van der Waals surface area contributed by atoms with E-state index in [4.69, 9.17) is 4.42 Å². The second-order valence-electron chi connectivity index (χ2n) is 7.89. The van der Waals surface area contributed by atoms with Crippen LogP contribution in [0, 0.1) is 5.92 Å².